The van der Waals surface area contributed by atoms with Crippen LogP contribution in [0.15, 0.2) is 96.2 Å². The number of aromatic nitrogens is 3. The summed E-state index contributed by atoms with van der Waals surface area (Å²) >= 11 is 6.35. The van der Waals surface area contributed by atoms with Crippen molar-refractivity contribution in [3.63, 3.8) is 0 Å². The summed E-state index contributed by atoms with van der Waals surface area (Å²) in [4.78, 5) is 28.3. The van der Waals surface area contributed by atoms with Gasteiger partial charge >= 0.3 is 0 Å². The predicted octanol–water partition coefficient (Wildman–Crippen LogP) is 5.01. The van der Waals surface area contributed by atoms with Crippen LogP contribution in [-0.4, -0.2) is 49.3 Å². The molecule has 3 heterocycles. The number of hydrazone groups is 1. The smallest absolute Gasteiger partial charge is 0.264 e. The molecule has 0 spiro atoms. The number of rotatable bonds is 11. The molecule has 2 N–H and O–H groups in total. The molecule has 3 aromatic carbocycles. The molecule has 2 atom stereocenters. The number of benzene rings is 3. The second kappa shape index (κ2) is 13.4. The van der Waals surface area contributed by atoms with Crippen LogP contribution < -0.4 is 9.91 Å². The van der Waals surface area contributed by atoms with E-state index >= 15 is 0 Å². The van der Waals surface area contributed by atoms with Crippen LogP contribution in [0, 0.1) is 5.92 Å². The van der Waals surface area contributed by atoms with Crippen LogP contribution in [0.4, 0.5) is 11.4 Å². The van der Waals surface area contributed by atoms with Gasteiger partial charge in [-0.1, -0.05) is 78.4 Å². The first-order valence-corrected chi connectivity index (χ1v) is 15.7. The van der Waals surface area contributed by atoms with Crippen molar-refractivity contribution in [3.05, 3.63) is 119 Å². The molecule has 0 saturated carbocycles. The minimum absolute atomic E-state index is 0.0151. The van der Waals surface area contributed by atoms with Gasteiger partial charge in [-0.15, -0.1) is 5.10 Å². The van der Waals surface area contributed by atoms with Crippen LogP contribution >= 0.6 is 11.6 Å². The summed E-state index contributed by atoms with van der Waals surface area (Å²) in [5, 5.41) is 35.7. The molecule has 2 amide bonds. The highest BCUT2D eigenvalue weighted by Crippen LogP contribution is 2.46. The topological polar surface area (TPSA) is 124 Å². The van der Waals surface area contributed by atoms with Gasteiger partial charge in [0.25, 0.3) is 5.91 Å². The molecular weight excluding hydrogens is 604 g/mol. The average molecular weight is 639 g/mol. The van der Waals surface area contributed by atoms with Crippen LogP contribution in [0.3, 0.4) is 0 Å². The van der Waals surface area contributed by atoms with E-state index in [0.29, 0.717) is 54.2 Å². The summed E-state index contributed by atoms with van der Waals surface area (Å²) in [5.74, 6) is -1.06. The highest BCUT2D eigenvalue weighted by molar-refractivity contribution is 6.31. The van der Waals surface area contributed by atoms with Gasteiger partial charge in [0.2, 0.25) is 5.91 Å². The highest BCUT2D eigenvalue weighted by Gasteiger charge is 2.52. The van der Waals surface area contributed by atoms with Gasteiger partial charge in [0.1, 0.15) is 0 Å². The molecule has 0 radical (unpaired) electrons. The maximum Gasteiger partial charge on any atom is 0.264 e. The molecule has 1 aromatic heterocycles. The Bertz CT molecular complexity index is 1790. The van der Waals surface area contributed by atoms with E-state index in [1.165, 1.54) is 5.01 Å². The Morgan fingerprint density at radius 3 is 2.59 bits per heavy atom. The molecular formula is C35H35ClN6O4. The number of carbonyl (C=O) groups is 2. The lowest BCUT2D eigenvalue weighted by molar-refractivity contribution is -0.139. The SMILES string of the molecule is C[C@H](/C=C/CCn1cc(CCO)nn1)[C@@]1(O)C(=O)N(Cc2ccc(N3N=C(c4ccccc4)CCC3=O)cc2)c2ccc(Cl)cc21. The molecule has 0 fully saturated rings. The third-order valence-corrected chi connectivity index (χ3v) is 8.69. The number of hydrogen-bond acceptors (Lipinski definition) is 7. The summed E-state index contributed by atoms with van der Waals surface area (Å²) in [7, 11) is 0. The molecule has 2 aliphatic rings. The van der Waals surface area contributed by atoms with Crippen molar-refractivity contribution in [2.45, 2.75) is 51.3 Å². The summed E-state index contributed by atoms with van der Waals surface area (Å²) in [6.45, 7) is 2.62. The Labute approximate surface area is 272 Å². The average Bonchev–Trinajstić information content (AvgIpc) is 3.60. The van der Waals surface area contributed by atoms with E-state index in [4.69, 9.17) is 16.7 Å². The molecule has 0 unspecified atom stereocenters. The quantitative estimate of drug-likeness (QED) is 0.223. The summed E-state index contributed by atoms with van der Waals surface area (Å²) in [6.07, 6.45) is 7.58. The fourth-order valence-corrected chi connectivity index (χ4v) is 6.09. The number of carbonyl (C=O) groups excluding carboxylic acids is 2. The molecule has 10 nitrogen and oxygen atoms in total. The molecule has 0 bridgehead atoms. The van der Waals surface area contributed by atoms with Crippen molar-refractivity contribution in [1.82, 2.24) is 15.0 Å². The van der Waals surface area contributed by atoms with E-state index in [-0.39, 0.29) is 19.1 Å². The molecule has 11 heteroatoms. The van der Waals surface area contributed by atoms with Gasteiger partial charge in [-0.05, 0) is 47.9 Å². The highest BCUT2D eigenvalue weighted by atomic mass is 35.5. The molecule has 0 aliphatic carbocycles. The van der Waals surface area contributed by atoms with Crippen molar-refractivity contribution in [2.24, 2.45) is 11.0 Å². The van der Waals surface area contributed by atoms with Crippen molar-refractivity contribution in [3.8, 4) is 0 Å². The Hall–Kier alpha value is -4.64. The first-order valence-electron chi connectivity index (χ1n) is 15.3. The maximum atomic E-state index is 14.0. The number of fused-ring (bicyclic) bond motifs is 1. The summed E-state index contributed by atoms with van der Waals surface area (Å²) < 4.78 is 1.70. The Morgan fingerprint density at radius 2 is 1.83 bits per heavy atom. The zero-order chi connectivity index (χ0) is 32.3. The van der Waals surface area contributed by atoms with Gasteiger partial charge in [0.15, 0.2) is 5.60 Å². The van der Waals surface area contributed by atoms with Gasteiger partial charge in [0.05, 0.1) is 29.3 Å². The lowest BCUT2D eigenvalue weighted by Crippen LogP contribution is -2.44. The molecule has 46 heavy (non-hydrogen) atoms. The van der Waals surface area contributed by atoms with E-state index in [0.717, 1.165) is 22.5 Å². The first-order chi connectivity index (χ1) is 22.3. The number of aliphatic hydroxyl groups is 2. The normalized spacial score (nSPS) is 18.7. The fourth-order valence-electron chi connectivity index (χ4n) is 5.92. The monoisotopic (exact) mass is 638 g/mol. The number of hydrogen-bond donors (Lipinski definition) is 2. The van der Waals surface area contributed by atoms with Gasteiger partial charge in [-0.2, -0.15) is 5.10 Å². The number of allylic oxidation sites excluding steroid dienone is 1. The minimum Gasteiger partial charge on any atom is -0.396 e. The number of aryl methyl sites for hydroxylation is 1. The van der Waals surface area contributed by atoms with E-state index in [9.17, 15) is 14.7 Å². The standard InChI is InChI=1S/C35H35ClN6O4/c1-24(7-5-6-19-40-23-28(18-20-43)37-39-40)35(46)30-21-27(36)12-16-32(30)41(34(35)45)22-25-10-13-29(14-11-25)42-33(44)17-15-31(38-42)26-8-3-2-4-9-26/h2-5,7-14,16,21,23-24,43,46H,6,15,17-20,22H2,1H3/b7-5+/t24-,35+/m1/s1. The molecule has 236 valence electrons. The van der Waals surface area contributed by atoms with E-state index in [1.54, 1.807) is 34.0 Å². The lowest BCUT2D eigenvalue weighted by Gasteiger charge is -2.28. The summed E-state index contributed by atoms with van der Waals surface area (Å²) in [5.41, 5.74) is 3.30. The van der Waals surface area contributed by atoms with Crippen LogP contribution in [0.25, 0.3) is 0 Å². The van der Waals surface area contributed by atoms with Gasteiger partial charge in [0, 0.05) is 55.1 Å². The van der Waals surface area contributed by atoms with Gasteiger partial charge < -0.3 is 15.1 Å². The zero-order valence-corrected chi connectivity index (χ0v) is 26.2. The number of amides is 2. The van der Waals surface area contributed by atoms with Crippen molar-refractivity contribution in [1.29, 1.82) is 0 Å². The lowest BCUT2D eigenvalue weighted by atomic mass is 9.83. The number of nitrogens with zero attached hydrogens (tertiary/aromatic N) is 6. The van der Waals surface area contributed by atoms with Crippen molar-refractivity contribution >= 4 is 40.5 Å². The summed E-state index contributed by atoms with van der Waals surface area (Å²) in [6, 6.07) is 22.4. The minimum atomic E-state index is -1.80. The third-order valence-electron chi connectivity index (χ3n) is 8.46. The van der Waals surface area contributed by atoms with Gasteiger partial charge in [-0.25, -0.2) is 5.01 Å². The van der Waals surface area contributed by atoms with Crippen molar-refractivity contribution < 1.29 is 19.8 Å². The van der Waals surface area contributed by atoms with Gasteiger partial charge in [-0.3, -0.25) is 14.3 Å². The molecule has 6 rings (SSSR count). The second-order valence-electron chi connectivity index (χ2n) is 11.6. The molecule has 2 aliphatic heterocycles. The predicted molar refractivity (Wildman–Crippen MR) is 176 cm³/mol. The van der Waals surface area contributed by atoms with Crippen LogP contribution in [0.5, 0.6) is 0 Å². The second-order valence-corrected chi connectivity index (χ2v) is 12.0. The molecule has 0 saturated heterocycles. The third kappa shape index (κ3) is 6.24. The van der Waals surface area contributed by atoms with Crippen LogP contribution in [0.1, 0.15) is 48.6 Å². The zero-order valence-electron chi connectivity index (χ0n) is 25.5. The maximum absolute atomic E-state index is 14.0. The van der Waals surface area contributed by atoms with E-state index < -0.39 is 17.4 Å². The first kappa shape index (κ1) is 31.3. The number of aliphatic hydroxyl groups excluding tert-OH is 1. The number of halogens is 1. The number of anilines is 2. The fraction of sp³-hybridized carbons (Fsp3) is 0.286. The van der Waals surface area contributed by atoms with Crippen LogP contribution in [0.2, 0.25) is 5.02 Å². The van der Waals surface area contributed by atoms with Crippen LogP contribution in [-0.2, 0) is 34.7 Å². The Balaban J connectivity index is 1.18. The Morgan fingerprint density at radius 1 is 1.04 bits per heavy atom. The largest absolute Gasteiger partial charge is 0.396 e. The van der Waals surface area contributed by atoms with E-state index in [1.807, 2.05) is 73.7 Å². The molecule has 4 aromatic rings. The van der Waals surface area contributed by atoms with Crippen molar-refractivity contribution in [2.75, 3.05) is 16.5 Å². The Kier molecular flexibility index (Phi) is 9.12. The van der Waals surface area contributed by atoms with E-state index in [2.05, 4.69) is 15.4 Å².